The minimum atomic E-state index is -0.537. The third kappa shape index (κ3) is 2.52. The van der Waals surface area contributed by atoms with E-state index in [1.165, 1.54) is 12.1 Å². The maximum absolute atomic E-state index is 13.5. The molecular formula is C16H12BrClFN3O. The van der Waals surface area contributed by atoms with E-state index in [0.717, 1.165) is 22.7 Å². The third-order valence-corrected chi connectivity index (χ3v) is 4.79. The number of rotatable bonds is 2. The average Bonchev–Trinajstić information content (AvgIpc) is 2.76. The second kappa shape index (κ2) is 5.62. The molecule has 1 aromatic heterocycles. The average molecular weight is 397 g/mol. The van der Waals surface area contributed by atoms with Crippen LogP contribution in [0, 0.1) is 12.7 Å². The van der Waals surface area contributed by atoms with Crippen molar-refractivity contribution in [1.82, 2.24) is 9.78 Å². The first-order valence-electron chi connectivity index (χ1n) is 6.72. The molecule has 0 bridgehead atoms. The van der Waals surface area contributed by atoms with Crippen molar-refractivity contribution in [2.75, 3.05) is 5.73 Å². The van der Waals surface area contributed by atoms with Crippen LogP contribution in [0.3, 0.4) is 0 Å². The summed E-state index contributed by atoms with van der Waals surface area (Å²) in [5, 5.41) is 5.35. The fourth-order valence-corrected chi connectivity index (χ4v) is 3.70. The Morgan fingerprint density at radius 2 is 2.09 bits per heavy atom. The SMILES string of the molecule is Cc1nn(C)c2c(Br)c(C(=O)c3cc(F)ccc3Cl)c(N)cc12. The van der Waals surface area contributed by atoms with Crippen LogP contribution in [0.2, 0.25) is 5.02 Å². The van der Waals surface area contributed by atoms with Gasteiger partial charge in [-0.3, -0.25) is 9.48 Å². The molecule has 0 spiro atoms. The van der Waals surface area contributed by atoms with Crippen molar-refractivity contribution >= 4 is 49.9 Å². The molecule has 2 N–H and O–H groups in total. The highest BCUT2D eigenvalue weighted by Gasteiger charge is 2.23. The first-order valence-corrected chi connectivity index (χ1v) is 7.89. The predicted molar refractivity (Wildman–Crippen MR) is 92.4 cm³/mol. The summed E-state index contributed by atoms with van der Waals surface area (Å²) in [6.45, 7) is 1.86. The van der Waals surface area contributed by atoms with E-state index in [-0.39, 0.29) is 21.8 Å². The smallest absolute Gasteiger partial charge is 0.197 e. The number of hydrogen-bond donors (Lipinski definition) is 1. The number of hydrogen-bond acceptors (Lipinski definition) is 3. The topological polar surface area (TPSA) is 60.9 Å². The van der Waals surface area contributed by atoms with Crippen LogP contribution in [-0.4, -0.2) is 15.6 Å². The van der Waals surface area contributed by atoms with Gasteiger partial charge >= 0.3 is 0 Å². The molecule has 0 atom stereocenters. The highest BCUT2D eigenvalue weighted by Crippen LogP contribution is 2.36. The number of nitrogens with zero attached hydrogens (tertiary/aromatic N) is 2. The van der Waals surface area contributed by atoms with Crippen LogP contribution < -0.4 is 5.73 Å². The van der Waals surface area contributed by atoms with Crippen LogP contribution in [0.25, 0.3) is 10.9 Å². The number of benzene rings is 2. The van der Waals surface area contributed by atoms with Gasteiger partial charge in [0.25, 0.3) is 0 Å². The lowest BCUT2D eigenvalue weighted by molar-refractivity contribution is 0.103. The maximum Gasteiger partial charge on any atom is 0.197 e. The molecule has 3 aromatic rings. The lowest BCUT2D eigenvalue weighted by atomic mass is 9.99. The number of nitrogens with two attached hydrogens (primary N) is 1. The fraction of sp³-hybridized carbons (Fsp3) is 0.125. The lowest BCUT2D eigenvalue weighted by Gasteiger charge is -2.11. The number of fused-ring (bicyclic) bond motifs is 1. The Morgan fingerprint density at radius 3 is 2.78 bits per heavy atom. The Morgan fingerprint density at radius 1 is 1.39 bits per heavy atom. The lowest BCUT2D eigenvalue weighted by Crippen LogP contribution is -2.08. The molecule has 0 aliphatic heterocycles. The van der Waals surface area contributed by atoms with Gasteiger partial charge < -0.3 is 5.73 Å². The minimum absolute atomic E-state index is 0.0670. The van der Waals surface area contributed by atoms with Gasteiger partial charge in [0.2, 0.25) is 0 Å². The van der Waals surface area contributed by atoms with Crippen LogP contribution in [0.1, 0.15) is 21.6 Å². The quantitative estimate of drug-likeness (QED) is 0.520. The van der Waals surface area contributed by atoms with E-state index in [2.05, 4.69) is 21.0 Å². The number of aryl methyl sites for hydroxylation is 2. The van der Waals surface area contributed by atoms with E-state index in [9.17, 15) is 9.18 Å². The van der Waals surface area contributed by atoms with Crippen LogP contribution in [0.15, 0.2) is 28.7 Å². The number of nitrogen functional groups attached to an aromatic ring is 1. The fourth-order valence-electron chi connectivity index (χ4n) is 2.62. The van der Waals surface area contributed by atoms with Crippen molar-refractivity contribution in [2.45, 2.75) is 6.92 Å². The molecule has 23 heavy (non-hydrogen) atoms. The van der Waals surface area contributed by atoms with Crippen LogP contribution in [-0.2, 0) is 7.05 Å². The highest BCUT2D eigenvalue weighted by molar-refractivity contribution is 9.10. The van der Waals surface area contributed by atoms with E-state index in [4.69, 9.17) is 17.3 Å². The van der Waals surface area contributed by atoms with Crippen molar-refractivity contribution in [3.05, 3.63) is 56.4 Å². The zero-order valence-electron chi connectivity index (χ0n) is 12.3. The molecule has 0 fully saturated rings. The molecule has 0 saturated carbocycles. The molecule has 118 valence electrons. The largest absolute Gasteiger partial charge is 0.398 e. The molecular weight excluding hydrogens is 385 g/mol. The van der Waals surface area contributed by atoms with Crippen LogP contribution >= 0.6 is 27.5 Å². The van der Waals surface area contributed by atoms with E-state index in [0.29, 0.717) is 4.47 Å². The summed E-state index contributed by atoms with van der Waals surface area (Å²) in [5.74, 6) is -0.982. The molecule has 0 aliphatic rings. The van der Waals surface area contributed by atoms with Crippen LogP contribution in [0.4, 0.5) is 10.1 Å². The maximum atomic E-state index is 13.5. The molecule has 0 aliphatic carbocycles. The summed E-state index contributed by atoms with van der Waals surface area (Å²) in [5.41, 5.74) is 8.21. The number of halogens is 3. The summed E-state index contributed by atoms with van der Waals surface area (Å²) in [6.07, 6.45) is 0. The predicted octanol–water partition coefficient (Wildman–Crippen LogP) is 4.25. The van der Waals surface area contributed by atoms with Gasteiger partial charge in [0.05, 0.1) is 26.3 Å². The van der Waals surface area contributed by atoms with E-state index in [1.807, 2.05) is 6.92 Å². The molecule has 2 aromatic carbocycles. The highest BCUT2D eigenvalue weighted by atomic mass is 79.9. The van der Waals surface area contributed by atoms with Crippen molar-refractivity contribution in [3.8, 4) is 0 Å². The van der Waals surface area contributed by atoms with E-state index in [1.54, 1.807) is 17.8 Å². The number of carbonyl (C=O) groups excluding carboxylic acids is 1. The zero-order chi connectivity index (χ0) is 16.9. The third-order valence-electron chi connectivity index (χ3n) is 3.68. The molecule has 3 rings (SSSR count). The molecule has 0 unspecified atom stereocenters. The van der Waals surface area contributed by atoms with Gasteiger partial charge in [-0.15, -0.1) is 0 Å². The van der Waals surface area contributed by atoms with Gasteiger partial charge in [0, 0.05) is 23.7 Å². The molecule has 0 saturated heterocycles. The monoisotopic (exact) mass is 395 g/mol. The molecule has 0 amide bonds. The van der Waals surface area contributed by atoms with Gasteiger partial charge in [-0.2, -0.15) is 5.10 Å². The number of aromatic nitrogens is 2. The summed E-state index contributed by atoms with van der Waals surface area (Å²) < 4.78 is 15.7. The van der Waals surface area contributed by atoms with Crippen molar-refractivity contribution in [3.63, 3.8) is 0 Å². The summed E-state index contributed by atoms with van der Waals surface area (Å²) >= 11 is 9.48. The minimum Gasteiger partial charge on any atom is -0.398 e. The Kier molecular flexibility index (Phi) is 3.90. The molecule has 1 heterocycles. The summed E-state index contributed by atoms with van der Waals surface area (Å²) in [7, 11) is 1.78. The number of anilines is 1. The van der Waals surface area contributed by atoms with Gasteiger partial charge in [0.15, 0.2) is 5.78 Å². The summed E-state index contributed by atoms with van der Waals surface area (Å²) in [4.78, 5) is 12.8. The van der Waals surface area contributed by atoms with Crippen molar-refractivity contribution < 1.29 is 9.18 Å². The normalized spacial score (nSPS) is 11.2. The molecule has 0 radical (unpaired) electrons. The first kappa shape index (κ1) is 16.0. The Bertz CT molecular complexity index is 968. The second-order valence-electron chi connectivity index (χ2n) is 5.21. The Balaban J connectivity index is 2.29. The standard InChI is InChI=1S/C16H12BrClFN3O/c1-7-9-6-12(20)13(14(17)15(9)22(2)21-7)16(23)10-5-8(19)3-4-11(10)18/h3-6H,20H2,1-2H3. The zero-order valence-corrected chi connectivity index (χ0v) is 14.7. The Labute approximate surface area is 145 Å². The van der Waals surface area contributed by atoms with Gasteiger partial charge in [0.1, 0.15) is 5.82 Å². The van der Waals surface area contributed by atoms with E-state index < -0.39 is 11.6 Å². The molecule has 4 nitrogen and oxygen atoms in total. The van der Waals surface area contributed by atoms with Gasteiger partial charge in [-0.05, 0) is 47.1 Å². The number of ketones is 1. The first-order chi connectivity index (χ1) is 10.8. The Hall–Kier alpha value is -1.92. The van der Waals surface area contributed by atoms with Gasteiger partial charge in [-0.25, -0.2) is 4.39 Å². The van der Waals surface area contributed by atoms with Crippen molar-refractivity contribution in [1.29, 1.82) is 0 Å². The number of carbonyl (C=O) groups is 1. The summed E-state index contributed by atoms with van der Waals surface area (Å²) in [6, 6.07) is 5.35. The van der Waals surface area contributed by atoms with Crippen LogP contribution in [0.5, 0.6) is 0 Å². The van der Waals surface area contributed by atoms with Gasteiger partial charge in [-0.1, -0.05) is 11.6 Å². The van der Waals surface area contributed by atoms with E-state index >= 15 is 0 Å². The second-order valence-corrected chi connectivity index (χ2v) is 6.41. The van der Waals surface area contributed by atoms with Crippen molar-refractivity contribution in [2.24, 2.45) is 7.05 Å². The molecule has 7 heteroatoms.